The van der Waals surface area contributed by atoms with Crippen LogP contribution in [0.15, 0.2) is 18.2 Å². The predicted molar refractivity (Wildman–Crippen MR) is 67.9 cm³/mol. The lowest BCUT2D eigenvalue weighted by atomic mass is 10.2. The topological polar surface area (TPSA) is 84.3 Å². The van der Waals surface area contributed by atoms with E-state index in [9.17, 15) is 14.9 Å². The SMILES string of the molecule is CC(=O)NC(=S)Nc1ccc(C)cc1[N+](=O)[O-]. The first kappa shape index (κ1) is 13.0. The molecule has 0 heterocycles. The minimum atomic E-state index is -0.508. The number of nitrogens with one attached hydrogen (secondary N) is 2. The van der Waals surface area contributed by atoms with Gasteiger partial charge in [-0.3, -0.25) is 14.9 Å². The standard InChI is InChI=1S/C10H11N3O3S/c1-6-3-4-8(9(5-6)13(15)16)12-10(17)11-7(2)14/h3-5H,1-2H3,(H2,11,12,14,17). The first-order chi connectivity index (χ1) is 7.90. The Morgan fingerprint density at radius 1 is 1.47 bits per heavy atom. The lowest BCUT2D eigenvalue weighted by molar-refractivity contribution is -0.383. The molecule has 0 fully saturated rings. The Bertz CT molecular complexity index is 488. The maximum absolute atomic E-state index is 10.8. The molecule has 1 amide bonds. The Kier molecular flexibility index (Phi) is 4.11. The number of hydrogen-bond acceptors (Lipinski definition) is 4. The maximum atomic E-state index is 10.8. The number of nitrogens with zero attached hydrogens (tertiary/aromatic N) is 1. The molecule has 0 aliphatic heterocycles. The van der Waals surface area contributed by atoms with Crippen LogP contribution < -0.4 is 10.6 Å². The van der Waals surface area contributed by atoms with Crippen LogP contribution in [0.4, 0.5) is 11.4 Å². The number of benzene rings is 1. The van der Waals surface area contributed by atoms with Gasteiger partial charge in [0.05, 0.1) is 4.92 Å². The van der Waals surface area contributed by atoms with Crippen LogP contribution in [0, 0.1) is 17.0 Å². The molecule has 17 heavy (non-hydrogen) atoms. The highest BCUT2D eigenvalue weighted by atomic mass is 32.1. The third-order valence-corrected chi connectivity index (χ3v) is 2.09. The van der Waals surface area contributed by atoms with Gasteiger partial charge in [0.25, 0.3) is 5.69 Å². The van der Waals surface area contributed by atoms with Crippen LogP contribution in [0.1, 0.15) is 12.5 Å². The van der Waals surface area contributed by atoms with Gasteiger partial charge in [-0.15, -0.1) is 0 Å². The van der Waals surface area contributed by atoms with E-state index in [4.69, 9.17) is 12.2 Å². The highest BCUT2D eigenvalue weighted by Gasteiger charge is 2.14. The van der Waals surface area contributed by atoms with Gasteiger partial charge < -0.3 is 10.6 Å². The molecule has 0 aliphatic rings. The van der Waals surface area contributed by atoms with Crippen molar-refractivity contribution in [3.63, 3.8) is 0 Å². The molecule has 1 rings (SSSR count). The Labute approximate surface area is 103 Å². The van der Waals surface area contributed by atoms with Gasteiger partial charge in [0.2, 0.25) is 5.91 Å². The average molecular weight is 253 g/mol. The van der Waals surface area contributed by atoms with Gasteiger partial charge in [0.1, 0.15) is 5.69 Å². The van der Waals surface area contributed by atoms with Crippen molar-refractivity contribution >= 4 is 34.6 Å². The van der Waals surface area contributed by atoms with E-state index in [1.54, 1.807) is 19.1 Å². The summed E-state index contributed by atoms with van der Waals surface area (Å²) in [5, 5.41) is 15.8. The number of nitro groups is 1. The molecule has 1 aromatic carbocycles. The van der Waals surface area contributed by atoms with Crippen molar-refractivity contribution in [3.05, 3.63) is 33.9 Å². The number of thiocarbonyl (C=S) groups is 1. The van der Waals surface area contributed by atoms with Crippen LogP contribution in [-0.2, 0) is 4.79 Å². The van der Waals surface area contributed by atoms with Crippen molar-refractivity contribution < 1.29 is 9.72 Å². The normalized spacial score (nSPS) is 9.53. The summed E-state index contributed by atoms with van der Waals surface area (Å²) in [4.78, 5) is 21.0. The second-order valence-corrected chi connectivity index (χ2v) is 3.82. The molecule has 6 nitrogen and oxygen atoms in total. The molecule has 0 aromatic heterocycles. The molecule has 0 saturated heterocycles. The molecule has 1 aromatic rings. The second-order valence-electron chi connectivity index (χ2n) is 3.41. The molecule has 0 saturated carbocycles. The first-order valence-corrected chi connectivity index (χ1v) is 5.14. The van der Waals surface area contributed by atoms with E-state index in [-0.39, 0.29) is 22.4 Å². The van der Waals surface area contributed by atoms with Crippen LogP contribution >= 0.6 is 12.2 Å². The minimum Gasteiger partial charge on any atom is -0.327 e. The fourth-order valence-corrected chi connectivity index (χ4v) is 1.47. The van der Waals surface area contributed by atoms with Crippen molar-refractivity contribution in [1.82, 2.24) is 5.32 Å². The van der Waals surface area contributed by atoms with Gasteiger partial charge in [-0.05, 0) is 30.8 Å². The number of anilines is 1. The molecule has 90 valence electrons. The van der Waals surface area contributed by atoms with Crippen LogP contribution in [-0.4, -0.2) is 15.9 Å². The highest BCUT2D eigenvalue weighted by Crippen LogP contribution is 2.25. The van der Waals surface area contributed by atoms with Crippen LogP contribution in [0.2, 0.25) is 0 Å². The zero-order chi connectivity index (χ0) is 13.0. The average Bonchev–Trinajstić information content (AvgIpc) is 2.19. The number of aryl methyl sites for hydroxylation is 1. The Morgan fingerprint density at radius 2 is 2.12 bits per heavy atom. The molecule has 0 spiro atoms. The minimum absolute atomic E-state index is 0.0319. The summed E-state index contributed by atoms with van der Waals surface area (Å²) in [6.07, 6.45) is 0. The van der Waals surface area contributed by atoms with E-state index >= 15 is 0 Å². The van der Waals surface area contributed by atoms with Gasteiger partial charge in [-0.1, -0.05) is 6.07 Å². The van der Waals surface area contributed by atoms with E-state index in [1.807, 2.05) is 0 Å². The molecule has 0 atom stereocenters. The van der Waals surface area contributed by atoms with Crippen molar-refractivity contribution in [2.45, 2.75) is 13.8 Å². The predicted octanol–water partition coefficient (Wildman–Crippen LogP) is 1.74. The highest BCUT2D eigenvalue weighted by molar-refractivity contribution is 7.80. The van der Waals surface area contributed by atoms with Crippen LogP contribution in [0.3, 0.4) is 0 Å². The molecular formula is C10H11N3O3S. The number of carbonyl (C=O) groups excluding carboxylic acids is 1. The van der Waals surface area contributed by atoms with Gasteiger partial charge in [0, 0.05) is 13.0 Å². The summed E-state index contributed by atoms with van der Waals surface area (Å²) in [5.41, 5.74) is 0.935. The van der Waals surface area contributed by atoms with E-state index in [2.05, 4.69) is 10.6 Å². The monoisotopic (exact) mass is 253 g/mol. The maximum Gasteiger partial charge on any atom is 0.292 e. The van der Waals surface area contributed by atoms with Gasteiger partial charge in [-0.25, -0.2) is 0 Å². The molecule has 2 N–H and O–H groups in total. The van der Waals surface area contributed by atoms with E-state index in [1.165, 1.54) is 13.0 Å². The summed E-state index contributed by atoms with van der Waals surface area (Å²) < 4.78 is 0. The summed E-state index contributed by atoms with van der Waals surface area (Å²) in [6, 6.07) is 4.69. The van der Waals surface area contributed by atoms with Gasteiger partial charge in [0.15, 0.2) is 5.11 Å². The van der Waals surface area contributed by atoms with E-state index in [0.717, 1.165) is 5.56 Å². The molecule has 0 bridgehead atoms. The lowest BCUT2D eigenvalue weighted by Gasteiger charge is -2.08. The van der Waals surface area contributed by atoms with Crippen LogP contribution in [0.25, 0.3) is 0 Å². The third-order valence-electron chi connectivity index (χ3n) is 1.89. The number of amides is 1. The number of nitro benzene ring substituents is 1. The molecule has 7 heteroatoms. The number of rotatable bonds is 2. The first-order valence-electron chi connectivity index (χ1n) is 4.74. The Morgan fingerprint density at radius 3 is 2.65 bits per heavy atom. The second kappa shape index (κ2) is 5.35. The molecule has 0 unspecified atom stereocenters. The number of carbonyl (C=O) groups is 1. The van der Waals surface area contributed by atoms with Crippen molar-refractivity contribution in [2.75, 3.05) is 5.32 Å². The molecule has 0 aliphatic carbocycles. The fourth-order valence-electron chi connectivity index (χ4n) is 1.21. The summed E-state index contributed by atoms with van der Waals surface area (Å²) in [7, 11) is 0. The largest absolute Gasteiger partial charge is 0.327 e. The summed E-state index contributed by atoms with van der Waals surface area (Å²) in [6.45, 7) is 3.06. The van der Waals surface area contributed by atoms with Gasteiger partial charge in [-0.2, -0.15) is 0 Å². The van der Waals surface area contributed by atoms with Crippen molar-refractivity contribution in [2.24, 2.45) is 0 Å². The van der Waals surface area contributed by atoms with E-state index in [0.29, 0.717) is 0 Å². The quantitative estimate of drug-likeness (QED) is 0.476. The smallest absolute Gasteiger partial charge is 0.292 e. The van der Waals surface area contributed by atoms with Crippen molar-refractivity contribution in [3.8, 4) is 0 Å². The third kappa shape index (κ3) is 3.80. The summed E-state index contributed by atoms with van der Waals surface area (Å²) >= 11 is 4.83. The zero-order valence-corrected chi connectivity index (χ0v) is 10.1. The number of hydrogen-bond donors (Lipinski definition) is 2. The van der Waals surface area contributed by atoms with Crippen LogP contribution in [0.5, 0.6) is 0 Å². The summed E-state index contributed by atoms with van der Waals surface area (Å²) in [5.74, 6) is -0.336. The molecule has 0 radical (unpaired) electrons. The van der Waals surface area contributed by atoms with Gasteiger partial charge >= 0.3 is 0 Å². The van der Waals surface area contributed by atoms with Crippen molar-refractivity contribution in [1.29, 1.82) is 0 Å². The Hall–Kier alpha value is -2.02. The Balaban J connectivity index is 2.94. The lowest BCUT2D eigenvalue weighted by Crippen LogP contribution is -2.32. The fraction of sp³-hybridized carbons (Fsp3) is 0.200. The zero-order valence-electron chi connectivity index (χ0n) is 9.31. The van der Waals surface area contributed by atoms with E-state index < -0.39 is 4.92 Å². The molecular weight excluding hydrogens is 242 g/mol.